The van der Waals surface area contributed by atoms with Crippen LogP contribution in [0.3, 0.4) is 0 Å². The summed E-state index contributed by atoms with van der Waals surface area (Å²) in [5.41, 5.74) is 10.3. The van der Waals surface area contributed by atoms with Crippen LogP contribution in [0.4, 0.5) is 21.6 Å². The van der Waals surface area contributed by atoms with Gasteiger partial charge in [0, 0.05) is 52.9 Å². The smallest absolute Gasteiger partial charge is 0.141 e. The van der Waals surface area contributed by atoms with E-state index in [1.165, 1.54) is 12.4 Å². The molecule has 2 heterocycles. The first kappa shape index (κ1) is 22.2. The van der Waals surface area contributed by atoms with E-state index in [2.05, 4.69) is 74.6 Å². The summed E-state index contributed by atoms with van der Waals surface area (Å²) in [7, 11) is 2.16. The number of nitrogens with zero attached hydrogens (tertiary/aromatic N) is 4. The zero-order chi connectivity index (χ0) is 22.2. The Morgan fingerprint density at radius 2 is 1.87 bits per heavy atom. The van der Waals surface area contributed by atoms with Gasteiger partial charge in [-0.3, -0.25) is 4.90 Å². The Balaban J connectivity index is 1.73. The number of nitrogens with two attached hydrogens (primary N) is 1. The Morgan fingerprint density at radius 1 is 1.13 bits per heavy atom. The number of nitrogen functional groups attached to an aromatic ring is 1. The summed E-state index contributed by atoms with van der Waals surface area (Å²) in [5, 5.41) is 4.25. The quantitative estimate of drug-likeness (QED) is 0.285. The van der Waals surface area contributed by atoms with Gasteiger partial charge in [0.2, 0.25) is 0 Å². The minimum atomic E-state index is -0.225. The third-order valence-corrected chi connectivity index (χ3v) is 7.03. The fourth-order valence-electron chi connectivity index (χ4n) is 4.18. The summed E-state index contributed by atoms with van der Waals surface area (Å²) in [6.45, 7) is 8.50. The molecule has 2 aromatic carbocycles. The Bertz CT molecular complexity index is 1090. The molecular formula is C23H28FIN6. The lowest BCUT2D eigenvalue weighted by Crippen LogP contribution is -2.52. The van der Waals surface area contributed by atoms with Gasteiger partial charge in [0.15, 0.2) is 0 Å². The number of hydrogen-bond donors (Lipinski definition) is 2. The lowest BCUT2D eigenvalue weighted by molar-refractivity contribution is 0.0611. The van der Waals surface area contributed by atoms with Crippen LogP contribution in [-0.2, 0) is 9.97 Å². The van der Waals surface area contributed by atoms with Crippen LogP contribution in [0, 0.1) is 5.82 Å². The molecule has 1 aliphatic heterocycles. The Morgan fingerprint density at radius 3 is 2.58 bits per heavy atom. The SMILES string of the molecule is CN1CCN(C(C)(C)c2cc3c(Nc4ccc(F)c(CI)c4)ncnc3cc2N)CC1. The average molecular weight is 534 g/mol. The predicted octanol–water partition coefficient (Wildman–Crippen LogP) is 4.51. The molecule has 6 nitrogen and oxygen atoms in total. The molecule has 0 aliphatic carbocycles. The van der Waals surface area contributed by atoms with Gasteiger partial charge in [-0.2, -0.15) is 0 Å². The van der Waals surface area contributed by atoms with Gasteiger partial charge < -0.3 is 16.0 Å². The van der Waals surface area contributed by atoms with Gasteiger partial charge in [-0.1, -0.05) is 22.6 Å². The average Bonchev–Trinajstić information content (AvgIpc) is 2.75. The van der Waals surface area contributed by atoms with E-state index in [-0.39, 0.29) is 11.4 Å². The van der Waals surface area contributed by atoms with Gasteiger partial charge in [-0.05, 0) is 62.4 Å². The van der Waals surface area contributed by atoms with Crippen molar-refractivity contribution in [1.82, 2.24) is 19.8 Å². The normalized spacial score (nSPS) is 16.0. The molecule has 0 unspecified atom stereocenters. The van der Waals surface area contributed by atoms with Crippen LogP contribution >= 0.6 is 22.6 Å². The molecular weight excluding hydrogens is 506 g/mol. The molecule has 0 spiro atoms. The molecule has 1 saturated heterocycles. The number of halogens is 2. The molecule has 4 rings (SSSR count). The first-order valence-corrected chi connectivity index (χ1v) is 11.9. The van der Waals surface area contributed by atoms with Crippen LogP contribution in [0.5, 0.6) is 0 Å². The van der Waals surface area contributed by atoms with E-state index in [1.807, 2.05) is 12.1 Å². The highest BCUT2D eigenvalue weighted by molar-refractivity contribution is 14.1. The number of fused-ring (bicyclic) bond motifs is 1. The van der Waals surface area contributed by atoms with Gasteiger partial charge in [-0.15, -0.1) is 0 Å². The van der Waals surface area contributed by atoms with Crippen molar-refractivity contribution in [3.8, 4) is 0 Å². The third kappa shape index (κ3) is 4.47. The van der Waals surface area contributed by atoms with Crippen LogP contribution in [-0.4, -0.2) is 53.0 Å². The Kier molecular flexibility index (Phi) is 6.32. The highest BCUT2D eigenvalue weighted by Crippen LogP contribution is 2.36. The van der Waals surface area contributed by atoms with E-state index < -0.39 is 0 Å². The van der Waals surface area contributed by atoms with Crippen molar-refractivity contribution in [3.63, 3.8) is 0 Å². The van der Waals surface area contributed by atoms with E-state index in [1.54, 1.807) is 6.07 Å². The number of nitrogens with one attached hydrogen (secondary N) is 1. The van der Waals surface area contributed by atoms with Crippen molar-refractivity contribution in [3.05, 3.63) is 53.6 Å². The molecule has 1 fully saturated rings. The number of aromatic nitrogens is 2. The second kappa shape index (κ2) is 8.84. The van der Waals surface area contributed by atoms with Crippen molar-refractivity contribution in [1.29, 1.82) is 0 Å². The van der Waals surface area contributed by atoms with E-state index in [0.717, 1.165) is 54.0 Å². The summed E-state index contributed by atoms with van der Waals surface area (Å²) >= 11 is 2.16. The van der Waals surface area contributed by atoms with Crippen LogP contribution < -0.4 is 11.1 Å². The van der Waals surface area contributed by atoms with Crippen molar-refractivity contribution in [2.75, 3.05) is 44.3 Å². The maximum atomic E-state index is 13.9. The third-order valence-electron chi connectivity index (χ3n) is 6.21. The minimum absolute atomic E-state index is 0.198. The number of likely N-dealkylation sites (N-methyl/N-ethyl adjacent to an activating group) is 1. The summed E-state index contributed by atoms with van der Waals surface area (Å²) in [5.74, 6) is 0.489. The van der Waals surface area contributed by atoms with Crippen LogP contribution in [0.1, 0.15) is 25.0 Å². The van der Waals surface area contributed by atoms with Crippen molar-refractivity contribution >= 4 is 50.7 Å². The molecule has 0 bridgehead atoms. The lowest BCUT2D eigenvalue weighted by atomic mass is 9.89. The predicted molar refractivity (Wildman–Crippen MR) is 133 cm³/mol. The fraction of sp³-hybridized carbons (Fsp3) is 0.391. The summed E-state index contributed by atoms with van der Waals surface area (Å²) in [6.07, 6.45) is 1.53. The monoisotopic (exact) mass is 534 g/mol. The molecule has 8 heteroatoms. The number of anilines is 3. The molecule has 0 radical (unpaired) electrons. The number of piperazine rings is 1. The van der Waals surface area contributed by atoms with Crippen LogP contribution in [0.2, 0.25) is 0 Å². The first-order valence-electron chi connectivity index (χ1n) is 10.4. The Labute approximate surface area is 196 Å². The summed E-state index contributed by atoms with van der Waals surface area (Å²) in [4.78, 5) is 13.7. The van der Waals surface area contributed by atoms with Gasteiger partial charge in [-0.25, -0.2) is 14.4 Å². The highest BCUT2D eigenvalue weighted by Gasteiger charge is 2.32. The molecule has 31 heavy (non-hydrogen) atoms. The lowest BCUT2D eigenvalue weighted by Gasteiger charge is -2.44. The maximum absolute atomic E-state index is 13.9. The van der Waals surface area contributed by atoms with E-state index in [9.17, 15) is 4.39 Å². The standard InChI is InChI=1S/C23H28FIN6/c1-23(2,31-8-6-30(3)7-9-31)18-11-17-21(12-20(18)26)27-14-28-22(17)29-16-4-5-19(24)15(10-16)13-25/h4-5,10-12,14H,6-9,13,26H2,1-3H3,(H,27,28,29). The second-order valence-electron chi connectivity index (χ2n) is 8.59. The van der Waals surface area contributed by atoms with Gasteiger partial charge >= 0.3 is 0 Å². The molecule has 1 aromatic heterocycles. The van der Waals surface area contributed by atoms with Crippen molar-refractivity contribution in [2.24, 2.45) is 0 Å². The van der Waals surface area contributed by atoms with E-state index >= 15 is 0 Å². The minimum Gasteiger partial charge on any atom is -0.398 e. The van der Waals surface area contributed by atoms with Crippen molar-refractivity contribution < 1.29 is 4.39 Å². The molecule has 3 N–H and O–H groups in total. The molecule has 3 aromatic rings. The van der Waals surface area contributed by atoms with E-state index in [4.69, 9.17) is 5.73 Å². The van der Waals surface area contributed by atoms with Gasteiger partial charge in [0.25, 0.3) is 0 Å². The van der Waals surface area contributed by atoms with Gasteiger partial charge in [0.05, 0.1) is 5.52 Å². The van der Waals surface area contributed by atoms with Gasteiger partial charge in [0.1, 0.15) is 18.0 Å². The topological polar surface area (TPSA) is 70.3 Å². The summed E-state index contributed by atoms with van der Waals surface area (Å²) in [6, 6.07) is 9.07. The van der Waals surface area contributed by atoms with Crippen LogP contribution in [0.15, 0.2) is 36.7 Å². The molecule has 164 valence electrons. The Hall–Kier alpha value is -2.04. The molecule has 0 atom stereocenters. The zero-order valence-electron chi connectivity index (χ0n) is 18.1. The maximum Gasteiger partial charge on any atom is 0.141 e. The van der Waals surface area contributed by atoms with Crippen molar-refractivity contribution in [2.45, 2.75) is 23.8 Å². The molecule has 0 saturated carbocycles. The number of alkyl halides is 1. The highest BCUT2D eigenvalue weighted by atomic mass is 127. The zero-order valence-corrected chi connectivity index (χ0v) is 20.3. The largest absolute Gasteiger partial charge is 0.398 e. The molecule has 0 amide bonds. The number of hydrogen-bond acceptors (Lipinski definition) is 6. The van der Waals surface area contributed by atoms with E-state index in [0.29, 0.717) is 15.8 Å². The molecule has 1 aliphatic rings. The fourth-order valence-corrected chi connectivity index (χ4v) is 4.76. The second-order valence-corrected chi connectivity index (χ2v) is 9.36. The number of rotatable bonds is 5. The van der Waals surface area contributed by atoms with Crippen LogP contribution in [0.25, 0.3) is 10.9 Å². The number of benzene rings is 2. The first-order chi connectivity index (χ1) is 14.8. The summed E-state index contributed by atoms with van der Waals surface area (Å²) < 4.78 is 14.5.